The molecule has 14 atom stereocenters. The molecule has 0 aromatic carbocycles. The fourth-order valence-electron chi connectivity index (χ4n) is 14.0. The Morgan fingerprint density at radius 3 is 1.04 bits per heavy atom. The Labute approximate surface area is 336 Å². The van der Waals surface area contributed by atoms with Gasteiger partial charge in [-0.1, -0.05) is 27.7 Å². The summed E-state index contributed by atoms with van der Waals surface area (Å²) in [4.78, 5) is 60.6. The summed E-state index contributed by atoms with van der Waals surface area (Å²) in [5.74, 6) is -11.5. The highest BCUT2D eigenvalue weighted by atomic mass is 16.4. The molecule has 4 aliphatic heterocycles. The van der Waals surface area contributed by atoms with Gasteiger partial charge in [0, 0.05) is 46.3 Å². The van der Waals surface area contributed by atoms with E-state index in [1.807, 2.05) is 111 Å². The van der Waals surface area contributed by atoms with Gasteiger partial charge in [0.2, 0.25) is 0 Å². The fourth-order valence-corrected chi connectivity index (χ4v) is 14.0. The molecule has 0 aliphatic carbocycles. The summed E-state index contributed by atoms with van der Waals surface area (Å²) < 4.78 is 0. The Balaban J connectivity index is 2.49. The van der Waals surface area contributed by atoms with Crippen molar-refractivity contribution in [3.05, 3.63) is 0 Å². The fraction of sp³-hybridized carbons (Fsp3) is 0.909. The molecule has 12 heteroatoms. The molecule has 322 valence electrons. The number of carboxylic acid groups (broad SMARTS) is 4. The third-order valence-electron chi connectivity index (χ3n) is 16.3. The maximum absolute atomic E-state index is 15.9. The third kappa shape index (κ3) is 7.33. The Hall–Kier alpha value is -2.28. The van der Waals surface area contributed by atoms with Crippen molar-refractivity contribution >= 4 is 23.9 Å². The number of piperidine rings is 4. The lowest BCUT2D eigenvalue weighted by Crippen LogP contribution is -2.80. The van der Waals surface area contributed by atoms with Gasteiger partial charge in [-0.05, 0) is 156 Å². The quantitative estimate of drug-likeness (QED) is 0.116. The number of hydrogen-bond acceptors (Lipinski definition) is 8. The van der Waals surface area contributed by atoms with Crippen molar-refractivity contribution in [2.75, 3.05) is 0 Å². The molecule has 0 aromatic rings. The number of carbonyl (C=O) groups is 4. The molecule has 14 unspecified atom stereocenters. The molecule has 0 radical (unpaired) electrons. The summed E-state index contributed by atoms with van der Waals surface area (Å²) in [6.45, 7) is 31.5. The van der Waals surface area contributed by atoms with Crippen molar-refractivity contribution in [2.24, 2.45) is 63.6 Å². The number of carboxylic acids is 4. The first-order valence-corrected chi connectivity index (χ1v) is 21.3. The average molecular weight is 791 g/mol. The van der Waals surface area contributed by atoms with Crippen LogP contribution < -0.4 is 21.3 Å². The highest BCUT2D eigenvalue weighted by Crippen LogP contribution is 2.74. The van der Waals surface area contributed by atoms with Gasteiger partial charge in [-0.15, -0.1) is 0 Å². The van der Waals surface area contributed by atoms with Gasteiger partial charge in [-0.25, -0.2) is 0 Å². The zero-order chi connectivity index (χ0) is 43.1. The van der Waals surface area contributed by atoms with Crippen LogP contribution in [0.15, 0.2) is 0 Å². The second kappa shape index (κ2) is 15.1. The van der Waals surface area contributed by atoms with Crippen LogP contribution >= 0.6 is 0 Å². The Morgan fingerprint density at radius 1 is 0.464 bits per heavy atom. The molecule has 56 heavy (non-hydrogen) atoms. The molecule has 4 saturated heterocycles. The van der Waals surface area contributed by atoms with Crippen LogP contribution in [-0.4, -0.2) is 90.6 Å². The molecule has 4 heterocycles. The van der Waals surface area contributed by atoms with Crippen LogP contribution in [0.25, 0.3) is 0 Å². The van der Waals surface area contributed by atoms with Gasteiger partial charge in [0.25, 0.3) is 0 Å². The van der Waals surface area contributed by atoms with Crippen LogP contribution in [0, 0.1) is 63.6 Å². The van der Waals surface area contributed by atoms with E-state index in [1.54, 1.807) is 0 Å². The molecule has 0 aromatic heterocycles. The minimum absolute atomic E-state index is 0.142. The zero-order valence-corrected chi connectivity index (χ0v) is 37.4. The van der Waals surface area contributed by atoms with Gasteiger partial charge in [0.05, 0.1) is 17.3 Å². The topological polar surface area (TPSA) is 197 Å². The molecule has 12 nitrogen and oxygen atoms in total. The van der Waals surface area contributed by atoms with E-state index >= 15 is 14.4 Å². The summed E-state index contributed by atoms with van der Waals surface area (Å²) >= 11 is 0. The van der Waals surface area contributed by atoms with Gasteiger partial charge < -0.3 is 41.7 Å². The molecule has 0 spiro atoms. The normalized spacial score (nSPS) is 41.2. The van der Waals surface area contributed by atoms with Crippen molar-refractivity contribution in [3.8, 4) is 0 Å². The first kappa shape index (κ1) is 46.4. The minimum Gasteiger partial charge on any atom is -0.481 e. The lowest BCUT2D eigenvalue weighted by atomic mass is 9.31. The van der Waals surface area contributed by atoms with E-state index in [4.69, 9.17) is 0 Å². The van der Waals surface area contributed by atoms with E-state index in [-0.39, 0.29) is 49.9 Å². The summed E-state index contributed by atoms with van der Waals surface area (Å²) in [7, 11) is 0. The second-order valence-corrected chi connectivity index (χ2v) is 22.1. The molecule has 0 bridgehead atoms. The number of hydrogen-bond donors (Lipinski definition) is 8. The molecular formula is C44H78N4O8. The van der Waals surface area contributed by atoms with E-state index in [9.17, 15) is 25.2 Å². The van der Waals surface area contributed by atoms with E-state index < -0.39 is 116 Å². The van der Waals surface area contributed by atoms with Crippen LogP contribution in [-0.2, 0) is 19.2 Å². The summed E-state index contributed by atoms with van der Waals surface area (Å²) in [6, 6.07) is -1.18. The summed E-state index contributed by atoms with van der Waals surface area (Å²) in [6.07, 6.45) is -0.215. The van der Waals surface area contributed by atoms with E-state index in [0.717, 1.165) is 0 Å². The van der Waals surface area contributed by atoms with Crippen molar-refractivity contribution in [1.29, 1.82) is 0 Å². The Kier molecular flexibility index (Phi) is 12.5. The monoisotopic (exact) mass is 791 g/mol. The summed E-state index contributed by atoms with van der Waals surface area (Å²) in [5, 5.41) is 63.9. The first-order chi connectivity index (χ1) is 25.3. The van der Waals surface area contributed by atoms with Crippen molar-refractivity contribution in [1.82, 2.24) is 21.3 Å². The maximum atomic E-state index is 15.9. The SMILES string of the molecule is CC1NC(C)(C)CC(C(CC(=O)O)(C(=O)O)C(C(=O)O)(C2CC(C)(C)NC(C)C2C)C(C(=O)O)(C2CC(C)(C)NC(C)C2C)C2CC(C)(C)NC(C)C2C)C1C. The standard InChI is InChI=1S/C44H78N4O8/c1-22-26(5)45-38(9,10)17-30(22)42(35(51)52,21-34(49)50)44(37(55)56,33-20-41(15,16)48-29(8)25(33)4)43(36(53)54,31-18-39(11,12)46-27(6)23(31)2)32-19-40(13,14)47-28(7)24(32)3/h22-33,45-48H,17-21H2,1-16H3,(H,49,50)(H,51,52)(H,53,54)(H,55,56). The molecule has 4 fully saturated rings. The zero-order valence-electron chi connectivity index (χ0n) is 37.4. The van der Waals surface area contributed by atoms with Gasteiger partial charge in [0.1, 0.15) is 5.41 Å². The van der Waals surface area contributed by atoms with Crippen LogP contribution in [0.5, 0.6) is 0 Å². The van der Waals surface area contributed by atoms with E-state index in [1.165, 1.54) is 0 Å². The second-order valence-electron chi connectivity index (χ2n) is 22.1. The lowest BCUT2D eigenvalue weighted by Gasteiger charge is -2.70. The smallest absolute Gasteiger partial charge is 0.312 e. The van der Waals surface area contributed by atoms with Crippen molar-refractivity contribution < 1.29 is 39.6 Å². The molecule has 8 N–H and O–H groups in total. The van der Waals surface area contributed by atoms with Gasteiger partial charge in [-0.3, -0.25) is 19.2 Å². The van der Waals surface area contributed by atoms with Crippen LogP contribution in [0.2, 0.25) is 0 Å². The van der Waals surface area contributed by atoms with E-state index in [0.29, 0.717) is 0 Å². The van der Waals surface area contributed by atoms with Gasteiger partial charge >= 0.3 is 23.9 Å². The molecule has 0 saturated carbocycles. The van der Waals surface area contributed by atoms with Gasteiger partial charge in [0.15, 0.2) is 0 Å². The molecule has 4 aliphatic rings. The number of aliphatic carboxylic acids is 4. The Bertz CT molecular complexity index is 1490. The summed E-state index contributed by atoms with van der Waals surface area (Å²) in [5.41, 5.74) is -10.2. The predicted molar refractivity (Wildman–Crippen MR) is 218 cm³/mol. The third-order valence-corrected chi connectivity index (χ3v) is 16.3. The predicted octanol–water partition coefficient (Wildman–Crippen LogP) is 6.32. The Morgan fingerprint density at radius 2 is 0.750 bits per heavy atom. The number of nitrogens with one attached hydrogen (secondary N) is 4. The van der Waals surface area contributed by atoms with E-state index in [2.05, 4.69) is 21.3 Å². The largest absolute Gasteiger partial charge is 0.481 e. The van der Waals surface area contributed by atoms with Crippen molar-refractivity contribution in [3.63, 3.8) is 0 Å². The van der Waals surface area contributed by atoms with Crippen LogP contribution in [0.3, 0.4) is 0 Å². The highest BCUT2D eigenvalue weighted by molar-refractivity contribution is 5.96. The first-order valence-electron chi connectivity index (χ1n) is 21.3. The average Bonchev–Trinajstić information content (AvgIpc) is 3.01. The highest BCUT2D eigenvalue weighted by Gasteiger charge is 2.84. The van der Waals surface area contributed by atoms with Gasteiger partial charge in [-0.2, -0.15) is 0 Å². The van der Waals surface area contributed by atoms with Crippen LogP contribution in [0.1, 0.15) is 143 Å². The lowest BCUT2D eigenvalue weighted by molar-refractivity contribution is -0.266. The minimum atomic E-state index is -2.63. The molecule has 4 rings (SSSR count). The van der Waals surface area contributed by atoms with Crippen LogP contribution in [0.4, 0.5) is 0 Å². The molecular weight excluding hydrogens is 713 g/mol. The maximum Gasteiger partial charge on any atom is 0.312 e. The number of rotatable bonds is 11. The molecule has 0 amide bonds. The van der Waals surface area contributed by atoms with Crippen molar-refractivity contribution in [2.45, 2.75) is 189 Å².